The monoisotopic (exact) mass is 469 g/mol. The summed E-state index contributed by atoms with van der Waals surface area (Å²) in [6.07, 6.45) is 0.630. The van der Waals surface area contributed by atoms with Crippen LogP contribution in [0.5, 0.6) is 0 Å². The molecule has 2 N–H and O–H groups in total. The standard InChI is InChI=1S/C30H23N5.CH4/c1-3-11-22(12-4-1)27-20-28(31-30(27)23-13-5-2-6-14-23)26-17-8-7-16-25(26)24-15-9-10-21(18-24)19-29-32-34-35-33-29;/h1-18,20,31H,19H2,(H,32,33,34,35);1H4. The lowest BCUT2D eigenvalue weighted by Crippen LogP contribution is -1.92. The fourth-order valence-electron chi connectivity index (χ4n) is 4.54. The summed E-state index contributed by atoms with van der Waals surface area (Å²) in [7, 11) is 0. The van der Waals surface area contributed by atoms with E-state index in [4.69, 9.17) is 0 Å². The third-order valence-corrected chi connectivity index (χ3v) is 6.17. The van der Waals surface area contributed by atoms with Crippen molar-refractivity contribution in [3.8, 4) is 44.8 Å². The molecule has 0 radical (unpaired) electrons. The number of rotatable bonds is 6. The van der Waals surface area contributed by atoms with Gasteiger partial charge in [0.25, 0.3) is 0 Å². The van der Waals surface area contributed by atoms with E-state index < -0.39 is 0 Å². The molecular weight excluding hydrogens is 442 g/mol. The molecule has 4 aromatic carbocycles. The van der Waals surface area contributed by atoms with Crippen molar-refractivity contribution in [1.82, 2.24) is 25.6 Å². The number of aromatic amines is 2. The van der Waals surface area contributed by atoms with Crippen molar-refractivity contribution in [1.29, 1.82) is 0 Å². The maximum Gasteiger partial charge on any atom is 0.178 e. The first kappa shape index (κ1) is 23.0. The Balaban J connectivity index is 0.00000267. The summed E-state index contributed by atoms with van der Waals surface area (Å²) in [6, 6.07) is 40.4. The molecule has 5 nitrogen and oxygen atoms in total. The van der Waals surface area contributed by atoms with Gasteiger partial charge in [-0.05, 0) is 33.9 Å². The number of tetrazole rings is 1. The Bertz CT molecular complexity index is 1490. The van der Waals surface area contributed by atoms with Gasteiger partial charge in [-0.25, -0.2) is 0 Å². The van der Waals surface area contributed by atoms with Crippen LogP contribution in [-0.4, -0.2) is 25.6 Å². The van der Waals surface area contributed by atoms with Gasteiger partial charge in [0, 0.05) is 23.2 Å². The lowest BCUT2D eigenvalue weighted by Gasteiger charge is -2.10. The normalized spacial score (nSPS) is 10.7. The van der Waals surface area contributed by atoms with Gasteiger partial charge in [0.1, 0.15) is 0 Å². The first-order valence-electron chi connectivity index (χ1n) is 11.6. The molecule has 36 heavy (non-hydrogen) atoms. The summed E-state index contributed by atoms with van der Waals surface area (Å²) >= 11 is 0. The molecule has 0 saturated heterocycles. The Morgan fingerprint density at radius 2 is 1.25 bits per heavy atom. The molecule has 6 rings (SSSR count). The van der Waals surface area contributed by atoms with Crippen LogP contribution in [0, 0.1) is 0 Å². The first-order valence-corrected chi connectivity index (χ1v) is 11.6. The van der Waals surface area contributed by atoms with Gasteiger partial charge in [-0.15, -0.1) is 10.2 Å². The summed E-state index contributed by atoms with van der Waals surface area (Å²) in [5.41, 5.74) is 10.4. The van der Waals surface area contributed by atoms with Crippen molar-refractivity contribution in [2.45, 2.75) is 13.8 Å². The zero-order valence-corrected chi connectivity index (χ0v) is 19.0. The predicted octanol–water partition coefficient (Wildman–Crippen LogP) is 7.42. The van der Waals surface area contributed by atoms with Gasteiger partial charge >= 0.3 is 0 Å². The van der Waals surface area contributed by atoms with Crippen molar-refractivity contribution in [2.75, 3.05) is 0 Å². The van der Waals surface area contributed by atoms with Crippen LogP contribution in [-0.2, 0) is 6.42 Å². The van der Waals surface area contributed by atoms with Gasteiger partial charge in [-0.2, -0.15) is 5.21 Å². The van der Waals surface area contributed by atoms with Crippen LogP contribution in [0.2, 0.25) is 0 Å². The highest BCUT2D eigenvalue weighted by Gasteiger charge is 2.16. The third kappa shape index (κ3) is 4.59. The molecule has 0 aliphatic rings. The number of aromatic nitrogens is 5. The summed E-state index contributed by atoms with van der Waals surface area (Å²) in [6.45, 7) is 0. The van der Waals surface area contributed by atoms with E-state index >= 15 is 0 Å². The summed E-state index contributed by atoms with van der Waals surface area (Å²) in [5, 5.41) is 14.4. The minimum atomic E-state index is 0. The topological polar surface area (TPSA) is 70.2 Å². The Kier molecular flexibility index (Phi) is 6.54. The second-order valence-corrected chi connectivity index (χ2v) is 8.45. The van der Waals surface area contributed by atoms with Crippen LogP contribution in [0.25, 0.3) is 44.8 Å². The lowest BCUT2D eigenvalue weighted by atomic mass is 9.95. The SMILES string of the molecule is C.c1ccc(-c2cc(-c3ccccc3-c3cccc(Cc4nn[nH]n4)c3)[nH]c2-c2ccccc2)cc1. The molecule has 0 atom stereocenters. The van der Waals surface area contributed by atoms with Gasteiger partial charge in [-0.3, -0.25) is 0 Å². The van der Waals surface area contributed by atoms with E-state index in [1.165, 1.54) is 16.7 Å². The maximum atomic E-state index is 4.10. The van der Waals surface area contributed by atoms with Crippen molar-refractivity contribution in [3.63, 3.8) is 0 Å². The molecule has 0 amide bonds. The van der Waals surface area contributed by atoms with E-state index in [0.29, 0.717) is 12.2 Å². The summed E-state index contributed by atoms with van der Waals surface area (Å²) in [5.74, 6) is 0.680. The molecular formula is C31H27N5. The Hall–Kier alpha value is -4.77. The fourth-order valence-corrected chi connectivity index (χ4v) is 4.54. The number of nitrogens with zero attached hydrogens (tertiary/aromatic N) is 3. The molecule has 0 aliphatic carbocycles. The molecule has 2 aromatic heterocycles. The molecule has 2 heterocycles. The second-order valence-electron chi connectivity index (χ2n) is 8.45. The van der Waals surface area contributed by atoms with Crippen LogP contribution in [0.4, 0.5) is 0 Å². The van der Waals surface area contributed by atoms with E-state index in [0.717, 1.165) is 33.6 Å². The molecule has 5 heteroatoms. The molecule has 6 aromatic rings. The van der Waals surface area contributed by atoms with E-state index in [9.17, 15) is 0 Å². The molecule has 0 fully saturated rings. The highest BCUT2D eigenvalue weighted by molar-refractivity contribution is 5.90. The fraction of sp³-hybridized carbons (Fsp3) is 0.0645. The smallest absolute Gasteiger partial charge is 0.178 e. The lowest BCUT2D eigenvalue weighted by molar-refractivity contribution is 0.881. The highest BCUT2D eigenvalue weighted by Crippen LogP contribution is 2.39. The summed E-state index contributed by atoms with van der Waals surface area (Å²) < 4.78 is 0. The van der Waals surface area contributed by atoms with E-state index in [1.807, 2.05) is 6.07 Å². The molecule has 0 spiro atoms. The average molecular weight is 470 g/mol. The van der Waals surface area contributed by atoms with Crippen molar-refractivity contribution < 1.29 is 0 Å². The largest absolute Gasteiger partial charge is 0.354 e. The molecule has 0 aliphatic heterocycles. The van der Waals surface area contributed by atoms with Gasteiger partial charge in [-0.1, -0.05) is 122 Å². The average Bonchev–Trinajstić information content (AvgIpc) is 3.60. The third-order valence-electron chi connectivity index (χ3n) is 6.17. The van der Waals surface area contributed by atoms with Crippen LogP contribution in [0.1, 0.15) is 18.8 Å². The summed E-state index contributed by atoms with van der Waals surface area (Å²) in [4.78, 5) is 3.74. The van der Waals surface area contributed by atoms with Gasteiger partial charge < -0.3 is 4.98 Å². The van der Waals surface area contributed by atoms with Gasteiger partial charge in [0.05, 0.1) is 5.69 Å². The zero-order valence-electron chi connectivity index (χ0n) is 19.0. The van der Waals surface area contributed by atoms with Crippen molar-refractivity contribution >= 4 is 0 Å². The maximum absolute atomic E-state index is 4.10. The van der Waals surface area contributed by atoms with Gasteiger partial charge in [0.2, 0.25) is 0 Å². The van der Waals surface area contributed by atoms with E-state index in [-0.39, 0.29) is 7.43 Å². The minimum absolute atomic E-state index is 0. The quantitative estimate of drug-likeness (QED) is 0.267. The predicted molar refractivity (Wildman–Crippen MR) is 146 cm³/mol. The van der Waals surface area contributed by atoms with Crippen LogP contribution in [0.15, 0.2) is 115 Å². The van der Waals surface area contributed by atoms with Crippen molar-refractivity contribution in [2.24, 2.45) is 0 Å². The van der Waals surface area contributed by atoms with Crippen LogP contribution >= 0.6 is 0 Å². The molecule has 0 unspecified atom stereocenters. The van der Waals surface area contributed by atoms with Crippen LogP contribution < -0.4 is 0 Å². The second kappa shape index (κ2) is 10.2. The minimum Gasteiger partial charge on any atom is -0.354 e. The molecule has 0 bridgehead atoms. The van der Waals surface area contributed by atoms with E-state index in [1.54, 1.807) is 0 Å². The van der Waals surface area contributed by atoms with Gasteiger partial charge in [0.15, 0.2) is 5.82 Å². The van der Waals surface area contributed by atoms with Crippen LogP contribution in [0.3, 0.4) is 0 Å². The number of nitrogens with one attached hydrogen (secondary N) is 2. The molecule has 0 saturated carbocycles. The zero-order chi connectivity index (χ0) is 23.5. The highest BCUT2D eigenvalue weighted by atomic mass is 15.5. The van der Waals surface area contributed by atoms with Crippen molar-refractivity contribution in [3.05, 3.63) is 127 Å². The Morgan fingerprint density at radius 3 is 1.97 bits per heavy atom. The number of H-pyrrole nitrogens is 2. The van der Waals surface area contributed by atoms with E-state index in [2.05, 4.69) is 135 Å². The Morgan fingerprint density at radius 1 is 0.583 bits per heavy atom. The number of hydrogen-bond donors (Lipinski definition) is 2. The number of hydrogen-bond acceptors (Lipinski definition) is 3. The number of benzene rings is 4. The Labute approximate surface area is 210 Å². The molecule has 176 valence electrons. The first-order chi connectivity index (χ1) is 17.3.